The van der Waals surface area contributed by atoms with Crippen molar-refractivity contribution in [3.05, 3.63) is 47.5 Å². The topological polar surface area (TPSA) is 70.3 Å². The predicted molar refractivity (Wildman–Crippen MR) is 72.0 cm³/mol. The quantitative estimate of drug-likeness (QED) is 0.887. The van der Waals surface area contributed by atoms with Crippen LogP contribution >= 0.6 is 0 Å². The Morgan fingerprint density at radius 1 is 1.11 bits per heavy atom. The molecule has 0 saturated heterocycles. The first-order valence-electron chi connectivity index (χ1n) is 6.01. The Morgan fingerprint density at radius 3 is 2.42 bits per heavy atom. The van der Waals surface area contributed by atoms with Gasteiger partial charge in [0.2, 0.25) is 0 Å². The second-order valence-corrected chi connectivity index (χ2v) is 4.09. The molecular formula is C14H17N3O2. The van der Waals surface area contributed by atoms with Gasteiger partial charge in [-0.1, -0.05) is 0 Å². The van der Waals surface area contributed by atoms with Gasteiger partial charge in [0.25, 0.3) is 0 Å². The van der Waals surface area contributed by atoms with Crippen molar-refractivity contribution in [2.45, 2.75) is 20.1 Å². The Balaban J connectivity index is 2.03. The first-order chi connectivity index (χ1) is 9.21. The van der Waals surface area contributed by atoms with Crippen molar-refractivity contribution >= 4 is 0 Å². The lowest BCUT2D eigenvalue weighted by Crippen LogP contribution is -2.08. The molecule has 0 spiro atoms. The molecule has 2 N–H and O–H groups in total. The summed E-state index contributed by atoms with van der Waals surface area (Å²) >= 11 is 0. The largest absolute Gasteiger partial charge is 0.497 e. The lowest BCUT2D eigenvalue weighted by molar-refractivity contribution is 0.294. The Labute approximate surface area is 112 Å². The summed E-state index contributed by atoms with van der Waals surface area (Å²) in [5.41, 5.74) is 7.29. The summed E-state index contributed by atoms with van der Waals surface area (Å²) in [5.74, 6) is 2.18. The van der Waals surface area contributed by atoms with Gasteiger partial charge in [-0.15, -0.1) is 0 Å². The smallest absolute Gasteiger partial charge is 0.166 e. The standard InChI is InChI=1S/C14H17N3O2/c1-10-7-11(8-15)17-14(16-10)9-19-13-5-3-12(18-2)4-6-13/h3-7H,8-9,15H2,1-2H3. The number of ether oxygens (including phenoxy) is 2. The summed E-state index contributed by atoms with van der Waals surface area (Å²) in [7, 11) is 1.63. The number of aryl methyl sites for hydroxylation is 1. The Kier molecular flexibility index (Phi) is 4.30. The summed E-state index contributed by atoms with van der Waals surface area (Å²) in [4.78, 5) is 8.63. The minimum absolute atomic E-state index is 0.320. The van der Waals surface area contributed by atoms with Crippen LogP contribution in [0.2, 0.25) is 0 Å². The lowest BCUT2D eigenvalue weighted by Gasteiger charge is -2.08. The normalized spacial score (nSPS) is 10.3. The fourth-order valence-corrected chi connectivity index (χ4v) is 1.69. The van der Waals surface area contributed by atoms with E-state index in [4.69, 9.17) is 15.2 Å². The van der Waals surface area contributed by atoms with E-state index < -0.39 is 0 Å². The SMILES string of the molecule is COc1ccc(OCc2nc(C)cc(CN)n2)cc1. The zero-order valence-electron chi connectivity index (χ0n) is 11.1. The predicted octanol–water partition coefficient (Wildman–Crippen LogP) is 1.83. The van der Waals surface area contributed by atoms with Gasteiger partial charge in [-0.2, -0.15) is 0 Å². The summed E-state index contributed by atoms with van der Waals surface area (Å²) in [6.45, 7) is 2.64. The zero-order valence-corrected chi connectivity index (χ0v) is 11.1. The number of rotatable bonds is 5. The molecular weight excluding hydrogens is 242 g/mol. The second kappa shape index (κ2) is 6.15. The third-order valence-electron chi connectivity index (χ3n) is 2.59. The Morgan fingerprint density at radius 2 is 1.79 bits per heavy atom. The van der Waals surface area contributed by atoms with Gasteiger partial charge in [0.1, 0.15) is 18.1 Å². The summed E-state index contributed by atoms with van der Waals surface area (Å²) in [5, 5.41) is 0. The molecule has 19 heavy (non-hydrogen) atoms. The van der Waals surface area contributed by atoms with E-state index in [-0.39, 0.29) is 0 Å². The lowest BCUT2D eigenvalue weighted by atomic mass is 10.3. The van der Waals surface area contributed by atoms with E-state index in [1.165, 1.54) is 0 Å². The molecule has 0 aliphatic heterocycles. The van der Waals surface area contributed by atoms with Gasteiger partial charge in [0.15, 0.2) is 5.82 Å². The third kappa shape index (κ3) is 3.66. The minimum atomic E-state index is 0.320. The molecule has 2 rings (SSSR count). The van der Waals surface area contributed by atoms with Crippen LogP contribution in [0.15, 0.2) is 30.3 Å². The van der Waals surface area contributed by atoms with Gasteiger partial charge in [-0.25, -0.2) is 9.97 Å². The first kappa shape index (κ1) is 13.3. The van der Waals surface area contributed by atoms with Crippen molar-refractivity contribution in [2.75, 3.05) is 7.11 Å². The molecule has 0 unspecified atom stereocenters. The third-order valence-corrected chi connectivity index (χ3v) is 2.59. The highest BCUT2D eigenvalue weighted by molar-refractivity contribution is 5.31. The van der Waals surface area contributed by atoms with Crippen LogP contribution < -0.4 is 15.2 Å². The number of hydrogen-bond donors (Lipinski definition) is 1. The van der Waals surface area contributed by atoms with Gasteiger partial charge >= 0.3 is 0 Å². The summed E-state index contributed by atoms with van der Waals surface area (Å²) < 4.78 is 10.7. The maximum absolute atomic E-state index is 5.62. The molecule has 0 amide bonds. The highest BCUT2D eigenvalue weighted by atomic mass is 16.5. The molecule has 0 bridgehead atoms. The molecule has 0 radical (unpaired) electrons. The van der Waals surface area contributed by atoms with Crippen molar-refractivity contribution < 1.29 is 9.47 Å². The van der Waals surface area contributed by atoms with Crippen LogP contribution in [0.25, 0.3) is 0 Å². The van der Waals surface area contributed by atoms with Crippen LogP contribution in [0.3, 0.4) is 0 Å². The monoisotopic (exact) mass is 259 g/mol. The number of nitrogens with zero attached hydrogens (tertiary/aromatic N) is 2. The highest BCUT2D eigenvalue weighted by Crippen LogP contribution is 2.17. The van der Waals surface area contributed by atoms with Gasteiger partial charge < -0.3 is 15.2 Å². The molecule has 0 saturated carbocycles. The van der Waals surface area contributed by atoms with Gasteiger partial charge in [-0.05, 0) is 37.3 Å². The second-order valence-electron chi connectivity index (χ2n) is 4.09. The maximum atomic E-state index is 5.62. The van der Waals surface area contributed by atoms with E-state index in [9.17, 15) is 0 Å². The molecule has 5 heteroatoms. The minimum Gasteiger partial charge on any atom is -0.497 e. The van der Waals surface area contributed by atoms with Crippen molar-refractivity contribution in [1.82, 2.24) is 9.97 Å². The molecule has 0 aliphatic carbocycles. The van der Waals surface area contributed by atoms with Gasteiger partial charge in [0, 0.05) is 12.2 Å². The van der Waals surface area contributed by atoms with E-state index >= 15 is 0 Å². The van der Waals surface area contributed by atoms with Gasteiger partial charge in [0.05, 0.1) is 12.8 Å². The number of nitrogens with two attached hydrogens (primary N) is 1. The average Bonchev–Trinajstić information content (AvgIpc) is 2.45. The Bertz CT molecular complexity index is 541. The number of hydrogen-bond acceptors (Lipinski definition) is 5. The molecule has 0 atom stereocenters. The molecule has 0 aliphatic rings. The fourth-order valence-electron chi connectivity index (χ4n) is 1.69. The van der Waals surface area contributed by atoms with Crippen molar-refractivity contribution in [3.8, 4) is 11.5 Å². The molecule has 1 heterocycles. The molecule has 0 fully saturated rings. The van der Waals surface area contributed by atoms with E-state index in [1.54, 1.807) is 7.11 Å². The molecule has 2 aromatic rings. The van der Waals surface area contributed by atoms with Gasteiger partial charge in [-0.3, -0.25) is 0 Å². The fraction of sp³-hybridized carbons (Fsp3) is 0.286. The van der Waals surface area contributed by atoms with Crippen LogP contribution in [0.1, 0.15) is 17.2 Å². The zero-order chi connectivity index (χ0) is 13.7. The number of aromatic nitrogens is 2. The highest BCUT2D eigenvalue weighted by Gasteiger charge is 2.03. The number of methoxy groups -OCH3 is 1. The molecule has 100 valence electrons. The van der Waals surface area contributed by atoms with E-state index in [1.807, 2.05) is 37.3 Å². The van der Waals surface area contributed by atoms with E-state index in [0.29, 0.717) is 19.0 Å². The van der Waals surface area contributed by atoms with Crippen LogP contribution in [0, 0.1) is 6.92 Å². The van der Waals surface area contributed by atoms with Crippen molar-refractivity contribution in [3.63, 3.8) is 0 Å². The Hall–Kier alpha value is -2.14. The summed E-state index contributed by atoms with van der Waals surface area (Å²) in [6.07, 6.45) is 0. The van der Waals surface area contributed by atoms with Crippen LogP contribution in [0.5, 0.6) is 11.5 Å². The van der Waals surface area contributed by atoms with E-state index in [0.717, 1.165) is 22.9 Å². The van der Waals surface area contributed by atoms with Crippen LogP contribution in [-0.2, 0) is 13.2 Å². The summed E-state index contributed by atoms with van der Waals surface area (Å²) in [6, 6.07) is 9.25. The maximum Gasteiger partial charge on any atom is 0.166 e. The first-order valence-corrected chi connectivity index (χ1v) is 6.01. The van der Waals surface area contributed by atoms with E-state index in [2.05, 4.69) is 9.97 Å². The molecule has 5 nitrogen and oxygen atoms in total. The molecule has 1 aromatic heterocycles. The van der Waals surface area contributed by atoms with Crippen molar-refractivity contribution in [2.24, 2.45) is 5.73 Å². The number of benzene rings is 1. The van der Waals surface area contributed by atoms with Crippen molar-refractivity contribution in [1.29, 1.82) is 0 Å². The van der Waals surface area contributed by atoms with Crippen LogP contribution in [-0.4, -0.2) is 17.1 Å². The van der Waals surface area contributed by atoms with Crippen LogP contribution in [0.4, 0.5) is 0 Å². The molecule has 1 aromatic carbocycles. The average molecular weight is 259 g/mol.